The largest absolute Gasteiger partial charge is 0.508 e. The van der Waals surface area contributed by atoms with Gasteiger partial charge in [0.25, 0.3) is 0 Å². The average molecular weight is 577 g/mol. The SMILES string of the molecule is COc1cccc(O)c1C1C2=CCC3C(=O)N(Cc4ccccc4)C(=O)C3C2CC2C(=O)N(c3ccccc3)C(=O)C21C. The number of amides is 4. The third-order valence-corrected chi connectivity index (χ3v) is 10.1. The maximum absolute atomic E-state index is 14.5. The van der Waals surface area contributed by atoms with E-state index in [9.17, 15) is 24.3 Å². The van der Waals surface area contributed by atoms with Gasteiger partial charge in [0.05, 0.1) is 42.5 Å². The first-order chi connectivity index (χ1) is 20.8. The van der Waals surface area contributed by atoms with E-state index in [2.05, 4.69) is 0 Å². The molecule has 7 rings (SSSR count). The number of anilines is 1. The van der Waals surface area contributed by atoms with E-state index in [0.717, 1.165) is 11.1 Å². The molecule has 6 atom stereocenters. The van der Waals surface area contributed by atoms with E-state index < -0.39 is 35.0 Å². The first kappa shape index (κ1) is 27.1. The minimum atomic E-state index is -1.26. The van der Waals surface area contributed by atoms with E-state index >= 15 is 0 Å². The number of methoxy groups -OCH3 is 1. The lowest BCUT2D eigenvalue weighted by atomic mass is 9.51. The maximum Gasteiger partial charge on any atom is 0.241 e. The summed E-state index contributed by atoms with van der Waals surface area (Å²) < 4.78 is 5.71. The molecule has 218 valence electrons. The number of imide groups is 2. The van der Waals surface area contributed by atoms with E-state index in [1.54, 1.807) is 49.4 Å². The Morgan fingerprint density at radius 1 is 0.860 bits per heavy atom. The molecular weight excluding hydrogens is 544 g/mol. The molecule has 2 saturated heterocycles. The van der Waals surface area contributed by atoms with E-state index in [-0.39, 0.29) is 42.3 Å². The minimum absolute atomic E-state index is 0.0501. The number of para-hydroxylation sites is 1. The van der Waals surface area contributed by atoms with Crippen LogP contribution < -0.4 is 9.64 Å². The van der Waals surface area contributed by atoms with Crippen molar-refractivity contribution in [3.8, 4) is 11.5 Å². The summed E-state index contributed by atoms with van der Waals surface area (Å²) in [6, 6.07) is 23.2. The quantitative estimate of drug-likeness (QED) is 0.345. The van der Waals surface area contributed by atoms with Gasteiger partial charge in [-0.3, -0.25) is 24.1 Å². The van der Waals surface area contributed by atoms with Gasteiger partial charge in [0.2, 0.25) is 23.6 Å². The van der Waals surface area contributed by atoms with Crippen molar-refractivity contribution >= 4 is 29.3 Å². The Morgan fingerprint density at radius 2 is 1.56 bits per heavy atom. The fraction of sp³-hybridized carbons (Fsp3) is 0.314. The second-order valence-corrected chi connectivity index (χ2v) is 12.1. The van der Waals surface area contributed by atoms with E-state index in [0.29, 0.717) is 23.4 Å². The first-order valence-corrected chi connectivity index (χ1v) is 14.7. The average Bonchev–Trinajstić information content (AvgIpc) is 3.38. The molecule has 3 aromatic rings. The zero-order chi connectivity index (χ0) is 30.0. The number of benzene rings is 3. The van der Waals surface area contributed by atoms with Gasteiger partial charge >= 0.3 is 0 Å². The molecule has 0 spiro atoms. The number of rotatable bonds is 5. The number of carbonyl (C=O) groups excluding carboxylic acids is 4. The van der Waals surface area contributed by atoms with Gasteiger partial charge < -0.3 is 9.84 Å². The highest BCUT2D eigenvalue weighted by molar-refractivity contribution is 6.24. The van der Waals surface area contributed by atoms with Crippen LogP contribution in [0.2, 0.25) is 0 Å². The molecule has 6 unspecified atom stereocenters. The van der Waals surface area contributed by atoms with Crippen LogP contribution in [0.5, 0.6) is 11.5 Å². The second-order valence-electron chi connectivity index (χ2n) is 12.1. The predicted octanol–water partition coefficient (Wildman–Crippen LogP) is 4.83. The number of fused-ring (bicyclic) bond motifs is 4. The topological polar surface area (TPSA) is 104 Å². The van der Waals surface area contributed by atoms with Crippen molar-refractivity contribution in [1.29, 1.82) is 0 Å². The Morgan fingerprint density at radius 3 is 2.26 bits per heavy atom. The van der Waals surface area contributed by atoms with Gasteiger partial charge in [-0.25, -0.2) is 4.90 Å². The molecule has 4 amide bonds. The van der Waals surface area contributed by atoms with E-state index in [1.165, 1.54) is 16.9 Å². The first-order valence-electron chi connectivity index (χ1n) is 14.7. The molecule has 3 aromatic carbocycles. The van der Waals surface area contributed by atoms with Crippen molar-refractivity contribution in [2.24, 2.45) is 29.1 Å². The van der Waals surface area contributed by atoms with Gasteiger partial charge in [0, 0.05) is 11.5 Å². The second kappa shape index (κ2) is 9.93. The number of nitrogens with zero attached hydrogens (tertiary/aromatic N) is 2. The van der Waals surface area contributed by atoms with Crippen molar-refractivity contribution < 1.29 is 29.0 Å². The van der Waals surface area contributed by atoms with Gasteiger partial charge in [-0.2, -0.15) is 0 Å². The maximum atomic E-state index is 14.5. The third-order valence-electron chi connectivity index (χ3n) is 10.1. The van der Waals surface area contributed by atoms with Crippen LogP contribution in [0.25, 0.3) is 0 Å². The number of hydrogen-bond donors (Lipinski definition) is 1. The molecule has 2 aliphatic heterocycles. The van der Waals surface area contributed by atoms with Crippen LogP contribution in [0.3, 0.4) is 0 Å². The highest BCUT2D eigenvalue weighted by Crippen LogP contribution is 2.65. The zero-order valence-electron chi connectivity index (χ0n) is 24.0. The Bertz CT molecular complexity index is 1680. The van der Waals surface area contributed by atoms with Crippen LogP contribution >= 0.6 is 0 Å². The predicted molar refractivity (Wildman–Crippen MR) is 158 cm³/mol. The standard InChI is InChI=1S/C35H32N2O6/c1-35-25(32(40)37(34(35)42)21-12-7-4-8-13-21)18-24-22(30(35)29-26(38)14-9-15-27(29)43-2)16-17-23-28(24)33(41)36(31(23)39)19-20-10-5-3-6-11-20/h3-16,23-25,28,30,38H,17-19H2,1-2H3. The van der Waals surface area contributed by atoms with Crippen molar-refractivity contribution in [1.82, 2.24) is 4.90 Å². The summed E-state index contributed by atoms with van der Waals surface area (Å²) >= 11 is 0. The van der Waals surface area contributed by atoms with Crippen molar-refractivity contribution in [2.75, 3.05) is 12.0 Å². The molecule has 2 heterocycles. The van der Waals surface area contributed by atoms with Crippen LogP contribution in [0.15, 0.2) is 90.5 Å². The summed E-state index contributed by atoms with van der Waals surface area (Å²) in [4.78, 5) is 59.0. The number of carbonyl (C=O) groups is 4. The summed E-state index contributed by atoms with van der Waals surface area (Å²) in [6.07, 6.45) is 2.57. The van der Waals surface area contributed by atoms with Crippen LogP contribution in [-0.4, -0.2) is 40.7 Å². The Balaban J connectivity index is 1.37. The minimum Gasteiger partial charge on any atom is -0.508 e. The van der Waals surface area contributed by atoms with Gasteiger partial charge in [-0.15, -0.1) is 0 Å². The molecule has 1 N–H and O–H groups in total. The number of phenolic OH excluding ortho intramolecular Hbond substituents is 1. The number of likely N-dealkylation sites (tertiary alicyclic amines) is 1. The van der Waals surface area contributed by atoms with Gasteiger partial charge in [-0.05, 0) is 55.5 Å². The molecule has 4 aliphatic rings. The Labute approximate surface area is 249 Å². The molecule has 1 saturated carbocycles. The Kier molecular flexibility index (Phi) is 6.27. The molecule has 43 heavy (non-hydrogen) atoms. The molecule has 0 radical (unpaired) electrons. The number of allylic oxidation sites excluding steroid dienone is 2. The molecule has 0 bridgehead atoms. The van der Waals surface area contributed by atoms with Crippen molar-refractivity contribution in [2.45, 2.75) is 32.2 Å². The van der Waals surface area contributed by atoms with Crippen LogP contribution in [0.1, 0.15) is 36.8 Å². The van der Waals surface area contributed by atoms with E-state index in [1.807, 2.05) is 42.5 Å². The summed E-state index contributed by atoms with van der Waals surface area (Å²) in [7, 11) is 1.50. The number of hydrogen-bond acceptors (Lipinski definition) is 6. The number of ether oxygens (including phenoxy) is 1. The molecule has 8 heteroatoms. The zero-order valence-corrected chi connectivity index (χ0v) is 24.0. The highest BCUT2D eigenvalue weighted by atomic mass is 16.5. The van der Waals surface area contributed by atoms with Crippen LogP contribution in [-0.2, 0) is 25.7 Å². The molecule has 0 aromatic heterocycles. The highest BCUT2D eigenvalue weighted by Gasteiger charge is 2.68. The summed E-state index contributed by atoms with van der Waals surface area (Å²) in [6.45, 7) is 1.98. The van der Waals surface area contributed by atoms with Crippen LogP contribution in [0.4, 0.5) is 5.69 Å². The molecular formula is C35H32N2O6. The molecule has 8 nitrogen and oxygen atoms in total. The lowest BCUT2D eigenvalue weighted by Crippen LogP contribution is -2.49. The fourth-order valence-corrected chi connectivity index (χ4v) is 8.13. The van der Waals surface area contributed by atoms with Crippen LogP contribution in [0, 0.1) is 29.1 Å². The van der Waals surface area contributed by atoms with E-state index in [4.69, 9.17) is 4.74 Å². The summed E-state index contributed by atoms with van der Waals surface area (Å²) in [5.41, 5.74) is 1.30. The summed E-state index contributed by atoms with van der Waals surface area (Å²) in [5, 5.41) is 11.3. The lowest BCUT2D eigenvalue weighted by molar-refractivity contribution is -0.141. The number of aromatic hydroxyl groups is 1. The van der Waals surface area contributed by atoms with Gasteiger partial charge in [0.1, 0.15) is 11.5 Å². The van der Waals surface area contributed by atoms with Crippen molar-refractivity contribution in [3.05, 3.63) is 102 Å². The lowest BCUT2D eigenvalue weighted by Gasteiger charge is -2.49. The smallest absolute Gasteiger partial charge is 0.241 e. The molecule has 2 aliphatic carbocycles. The fourth-order valence-electron chi connectivity index (χ4n) is 8.13. The summed E-state index contributed by atoms with van der Waals surface area (Å²) in [5.74, 6) is -3.99. The van der Waals surface area contributed by atoms with Gasteiger partial charge in [-0.1, -0.05) is 66.2 Å². The number of phenols is 1. The van der Waals surface area contributed by atoms with Crippen molar-refractivity contribution in [3.63, 3.8) is 0 Å². The third kappa shape index (κ3) is 3.82. The monoisotopic (exact) mass is 576 g/mol. The van der Waals surface area contributed by atoms with Gasteiger partial charge in [0.15, 0.2) is 0 Å². The normalized spacial score (nSPS) is 29.7. The Hall–Kier alpha value is -4.72. The molecule has 3 fully saturated rings.